The van der Waals surface area contributed by atoms with Gasteiger partial charge in [-0.2, -0.15) is 0 Å². The number of ether oxygens (including phenoxy) is 1. The first kappa shape index (κ1) is 41.0. The minimum atomic E-state index is -1.94. The molecule has 2 saturated heterocycles. The van der Waals surface area contributed by atoms with E-state index in [1.807, 2.05) is 25.3 Å². The molecule has 3 unspecified atom stereocenters. The predicted molar refractivity (Wildman–Crippen MR) is 206 cm³/mol. The number of pyridine rings is 1. The topological polar surface area (TPSA) is 273 Å². The van der Waals surface area contributed by atoms with Gasteiger partial charge in [-0.1, -0.05) is 5.16 Å². The number of likely N-dealkylation sites (tertiary alicyclic amines) is 1. The van der Waals surface area contributed by atoms with Gasteiger partial charge in [0.05, 0.1) is 43.1 Å². The van der Waals surface area contributed by atoms with Crippen LogP contribution in [0, 0.1) is 0 Å². The lowest BCUT2D eigenvalue weighted by Gasteiger charge is -2.50. The van der Waals surface area contributed by atoms with Gasteiger partial charge in [-0.15, -0.1) is 23.1 Å². The van der Waals surface area contributed by atoms with Crippen molar-refractivity contribution in [3.63, 3.8) is 0 Å². The van der Waals surface area contributed by atoms with Crippen LogP contribution in [0.2, 0.25) is 0 Å². The monoisotopic (exact) mass is 828 g/mol. The Hall–Kier alpha value is -5.67. The van der Waals surface area contributed by atoms with Crippen molar-refractivity contribution in [3.8, 4) is 11.5 Å². The molecule has 0 radical (unpaired) electrons. The highest BCUT2D eigenvalue weighted by molar-refractivity contribution is 8.00. The Labute approximate surface area is 332 Å². The molecule has 2 fully saturated rings. The van der Waals surface area contributed by atoms with Gasteiger partial charge in [0.15, 0.2) is 27.8 Å². The molecule has 3 aromatic rings. The minimum Gasteiger partial charge on any atom is -0.504 e. The molecule has 3 atom stereocenters. The van der Waals surface area contributed by atoms with Crippen molar-refractivity contribution >= 4 is 74.6 Å². The van der Waals surface area contributed by atoms with Crippen LogP contribution < -0.4 is 16.5 Å². The quantitative estimate of drug-likeness (QED) is 0.0356. The third-order valence-electron chi connectivity index (χ3n) is 10.0. The van der Waals surface area contributed by atoms with Crippen LogP contribution in [0.3, 0.4) is 0 Å². The number of hydrogen-bond donors (Lipinski definition) is 6. The molecule has 19 nitrogen and oxygen atoms in total. The highest BCUT2D eigenvalue weighted by Crippen LogP contribution is 2.42. The smallest absolute Gasteiger partial charge is 0.355 e. The molecule has 6 rings (SSSR count). The number of aliphatic carboxylic acids is 2. The largest absolute Gasteiger partial charge is 0.504 e. The standard InChI is InChI=1S/C36H41N7O12S2/c1-36(2,3)41-12-17(29(48)19-9-22(44)23(45)10-21(19)41)13-43(7-5-6-8-43)14-18-15-56-32-27(31(50)42(32)28(18)34(53)54-4)39-30(49)26(20-16-57-35(37)38-20)40-55-24(33(51)52)11-25(46)47/h9-10,12,16,24,27,32H,5-8,11,13-15H2,1-4H3,(H6-,37,38,39,40,44,45,46,47,48,49,51,52)/p+1. The fourth-order valence-electron chi connectivity index (χ4n) is 7.36. The van der Waals surface area contributed by atoms with Crippen LogP contribution >= 0.6 is 23.1 Å². The molecule has 0 spiro atoms. The summed E-state index contributed by atoms with van der Waals surface area (Å²) in [5.74, 6) is -5.99. The Morgan fingerprint density at radius 1 is 1.11 bits per heavy atom. The molecule has 1 aromatic carbocycles. The van der Waals surface area contributed by atoms with E-state index in [9.17, 15) is 44.1 Å². The first-order valence-electron chi connectivity index (χ1n) is 17.8. The summed E-state index contributed by atoms with van der Waals surface area (Å²) in [5.41, 5.74) is 5.88. The summed E-state index contributed by atoms with van der Waals surface area (Å²) in [7, 11) is 1.20. The number of quaternary nitrogens is 1. The molecule has 7 N–H and O–H groups in total. The van der Waals surface area contributed by atoms with E-state index in [-0.39, 0.29) is 45.4 Å². The first-order chi connectivity index (χ1) is 26.8. The van der Waals surface area contributed by atoms with E-state index >= 15 is 0 Å². The number of carboxylic acid groups (broad SMARTS) is 2. The zero-order valence-corrected chi connectivity index (χ0v) is 33.0. The van der Waals surface area contributed by atoms with E-state index in [4.69, 9.17) is 20.4 Å². The lowest BCUT2D eigenvalue weighted by atomic mass is 10.0. The summed E-state index contributed by atoms with van der Waals surface area (Å²) in [4.78, 5) is 87.8. The van der Waals surface area contributed by atoms with Crippen molar-refractivity contribution in [1.82, 2.24) is 19.8 Å². The van der Waals surface area contributed by atoms with Gasteiger partial charge in [-0.05, 0) is 26.8 Å². The molecule has 5 heterocycles. The number of thiazole rings is 1. The number of amides is 2. The van der Waals surface area contributed by atoms with E-state index in [1.165, 1.54) is 41.3 Å². The molecule has 57 heavy (non-hydrogen) atoms. The number of oxime groups is 1. The molecule has 3 aliphatic heterocycles. The lowest BCUT2D eigenvalue weighted by molar-refractivity contribution is -0.925. The number of nitrogens with two attached hydrogens (primary N) is 1. The fourth-order valence-corrected chi connectivity index (χ4v) is 9.24. The van der Waals surface area contributed by atoms with Gasteiger partial charge in [0.2, 0.25) is 6.10 Å². The number of nitrogens with one attached hydrogen (secondary N) is 1. The number of carbonyl (C=O) groups excluding carboxylic acids is 3. The van der Waals surface area contributed by atoms with Crippen LogP contribution in [0.5, 0.6) is 11.5 Å². The van der Waals surface area contributed by atoms with Crippen molar-refractivity contribution in [3.05, 3.63) is 56.5 Å². The number of benzene rings is 1. The van der Waals surface area contributed by atoms with E-state index in [0.29, 0.717) is 40.8 Å². The second kappa shape index (κ2) is 15.7. The second-order valence-electron chi connectivity index (χ2n) is 15.0. The number of aromatic nitrogens is 2. The molecule has 3 aliphatic rings. The zero-order valence-electron chi connectivity index (χ0n) is 31.4. The average molecular weight is 829 g/mol. The number of carboxylic acids is 2. The molecular formula is C36H42N7O12S2+. The number of esters is 1. The number of anilines is 1. The Kier molecular flexibility index (Phi) is 11.3. The highest BCUT2D eigenvalue weighted by Gasteiger charge is 2.55. The van der Waals surface area contributed by atoms with E-state index in [2.05, 4.69) is 15.5 Å². The Morgan fingerprint density at radius 3 is 2.39 bits per heavy atom. The second-order valence-corrected chi connectivity index (χ2v) is 17.0. The number of phenolic OH excluding ortho intramolecular Hbond substituents is 2. The maximum Gasteiger partial charge on any atom is 0.355 e. The number of nitrogens with zero attached hydrogens (tertiary/aromatic N) is 5. The molecule has 21 heteroatoms. The number of carbonyl (C=O) groups is 5. The van der Waals surface area contributed by atoms with Gasteiger partial charge in [0.25, 0.3) is 11.8 Å². The third kappa shape index (κ3) is 8.12. The maximum absolute atomic E-state index is 14.0. The van der Waals surface area contributed by atoms with Crippen LogP contribution in [0.4, 0.5) is 5.13 Å². The summed E-state index contributed by atoms with van der Waals surface area (Å²) in [6.45, 7) is 7.81. The summed E-state index contributed by atoms with van der Waals surface area (Å²) < 4.78 is 7.45. The lowest BCUT2D eigenvalue weighted by Crippen LogP contribution is -2.71. The van der Waals surface area contributed by atoms with Crippen LogP contribution in [0.15, 0.2) is 44.9 Å². The van der Waals surface area contributed by atoms with Gasteiger partial charge in [0, 0.05) is 47.3 Å². The number of fused-ring (bicyclic) bond motifs is 2. The number of phenols is 2. The number of methoxy groups -OCH3 is 1. The van der Waals surface area contributed by atoms with Crippen LogP contribution in [-0.4, -0.2) is 125 Å². The van der Waals surface area contributed by atoms with E-state index < -0.39 is 70.7 Å². The van der Waals surface area contributed by atoms with Crippen LogP contribution in [-0.2, 0) is 45.6 Å². The van der Waals surface area contributed by atoms with Gasteiger partial charge >= 0.3 is 17.9 Å². The first-order valence-corrected chi connectivity index (χ1v) is 19.7. The van der Waals surface area contributed by atoms with Gasteiger partial charge < -0.3 is 50.1 Å². The van der Waals surface area contributed by atoms with E-state index in [1.54, 1.807) is 6.20 Å². The molecular weight excluding hydrogens is 787 g/mol. The minimum absolute atomic E-state index is 0.0367. The molecule has 2 aromatic heterocycles. The summed E-state index contributed by atoms with van der Waals surface area (Å²) in [6.07, 6.45) is 0.589. The van der Waals surface area contributed by atoms with E-state index in [0.717, 1.165) is 24.2 Å². The SMILES string of the molecule is COC(=O)C1=C(C[N+]2(Cc3cn(C(C)(C)C)c4cc(O)c(O)cc4c3=O)CCCC2)CSC2C(NC(=O)C(=NOC(CC(=O)O)C(=O)O)c3csc(N)n3)C(=O)N12. The summed E-state index contributed by atoms with van der Waals surface area (Å²) >= 11 is 2.24. The van der Waals surface area contributed by atoms with Crippen molar-refractivity contribution in [2.45, 2.75) is 69.6 Å². The number of nitrogen functional groups attached to an aromatic ring is 1. The third-order valence-corrected chi connectivity index (χ3v) is 12.1. The summed E-state index contributed by atoms with van der Waals surface area (Å²) in [6, 6.07) is 1.48. The predicted octanol–water partition coefficient (Wildman–Crippen LogP) is 1.49. The number of β-lactam (4-membered cyclic amide) rings is 1. The zero-order chi connectivity index (χ0) is 41.6. The van der Waals surface area contributed by atoms with Crippen LogP contribution in [0.1, 0.15) is 51.3 Å². The fraction of sp³-hybridized carbons (Fsp3) is 0.444. The van der Waals surface area contributed by atoms with Crippen molar-refractivity contribution in [1.29, 1.82) is 0 Å². The number of thioether (sulfide) groups is 1. The van der Waals surface area contributed by atoms with Crippen LogP contribution in [0.25, 0.3) is 10.9 Å². The Balaban J connectivity index is 1.29. The molecule has 304 valence electrons. The number of rotatable bonds is 13. The maximum atomic E-state index is 14.0. The average Bonchev–Trinajstić information content (AvgIpc) is 3.79. The van der Waals surface area contributed by atoms with Gasteiger partial charge in [-0.25, -0.2) is 14.6 Å². The molecule has 0 saturated carbocycles. The Bertz CT molecular complexity index is 2290. The molecule has 0 aliphatic carbocycles. The van der Waals surface area contributed by atoms with Gasteiger partial charge in [0.1, 0.15) is 35.9 Å². The number of aromatic hydroxyl groups is 2. The normalized spacial score (nSPS) is 19.8. The highest BCUT2D eigenvalue weighted by atomic mass is 32.2. The van der Waals surface area contributed by atoms with Crippen molar-refractivity contribution in [2.75, 3.05) is 38.2 Å². The molecule has 0 bridgehead atoms. The Morgan fingerprint density at radius 2 is 1.79 bits per heavy atom. The molecule has 2 amide bonds. The van der Waals surface area contributed by atoms with Crippen molar-refractivity contribution in [2.24, 2.45) is 5.16 Å². The van der Waals surface area contributed by atoms with Gasteiger partial charge in [-0.3, -0.25) is 24.1 Å². The number of hydrogen-bond acceptors (Lipinski definition) is 15. The summed E-state index contributed by atoms with van der Waals surface area (Å²) in [5, 5.41) is 46.1. The van der Waals surface area contributed by atoms with Crippen molar-refractivity contribution < 1.29 is 58.5 Å².